The van der Waals surface area contributed by atoms with Crippen LogP contribution in [0.2, 0.25) is 0 Å². The second kappa shape index (κ2) is 7.71. The molecule has 98 valence electrons. The predicted octanol–water partition coefficient (Wildman–Crippen LogP) is 2.23. The van der Waals surface area contributed by atoms with Crippen molar-refractivity contribution in [3.8, 4) is 0 Å². The molecule has 3 amide bonds. The van der Waals surface area contributed by atoms with Crippen LogP contribution in [0.25, 0.3) is 0 Å². The van der Waals surface area contributed by atoms with Gasteiger partial charge in [-0.2, -0.15) is 0 Å². The lowest BCUT2D eigenvalue weighted by molar-refractivity contribution is -0.116. The quantitative estimate of drug-likeness (QED) is 0.704. The zero-order valence-corrected chi connectivity index (χ0v) is 11.5. The second-order valence-electron chi connectivity index (χ2n) is 3.80. The number of benzene rings is 1. The van der Waals surface area contributed by atoms with Gasteiger partial charge < -0.3 is 16.4 Å². The highest BCUT2D eigenvalue weighted by atomic mass is 79.9. The summed E-state index contributed by atoms with van der Waals surface area (Å²) in [5, 5.41) is 5.27. The zero-order chi connectivity index (χ0) is 13.4. The van der Waals surface area contributed by atoms with Crippen LogP contribution in [0.15, 0.2) is 28.7 Å². The lowest BCUT2D eigenvalue weighted by Crippen LogP contribution is -2.30. The molecule has 0 heterocycles. The number of urea groups is 1. The van der Waals surface area contributed by atoms with Gasteiger partial charge in [0, 0.05) is 23.1 Å². The van der Waals surface area contributed by atoms with Crippen molar-refractivity contribution in [3.63, 3.8) is 0 Å². The Labute approximate surface area is 114 Å². The van der Waals surface area contributed by atoms with Crippen LogP contribution in [0, 0.1) is 0 Å². The van der Waals surface area contributed by atoms with Crippen molar-refractivity contribution in [3.05, 3.63) is 28.7 Å². The molecule has 0 aliphatic rings. The summed E-state index contributed by atoms with van der Waals surface area (Å²) in [6.07, 6.45) is 1.87. The molecule has 0 aliphatic carbocycles. The van der Waals surface area contributed by atoms with E-state index in [1.807, 2.05) is 24.3 Å². The normalized spacial score (nSPS) is 9.83. The van der Waals surface area contributed by atoms with E-state index in [9.17, 15) is 9.59 Å². The fraction of sp³-hybridized carbons (Fsp3) is 0.333. The van der Waals surface area contributed by atoms with E-state index in [2.05, 4.69) is 26.6 Å². The van der Waals surface area contributed by atoms with Crippen LogP contribution in [-0.4, -0.2) is 18.5 Å². The van der Waals surface area contributed by atoms with Gasteiger partial charge in [0.25, 0.3) is 0 Å². The average molecular weight is 314 g/mol. The third kappa shape index (κ3) is 6.24. The molecule has 0 atom stereocenters. The third-order valence-electron chi connectivity index (χ3n) is 2.26. The SMILES string of the molecule is NC(=O)NCCCCC(=O)Nc1ccc(Br)cc1. The maximum atomic E-state index is 11.6. The number of nitrogens with two attached hydrogens (primary N) is 1. The van der Waals surface area contributed by atoms with Crippen molar-refractivity contribution < 1.29 is 9.59 Å². The summed E-state index contributed by atoms with van der Waals surface area (Å²) in [5.41, 5.74) is 5.69. The van der Waals surface area contributed by atoms with Gasteiger partial charge in [0.15, 0.2) is 0 Å². The van der Waals surface area contributed by atoms with E-state index in [0.29, 0.717) is 19.4 Å². The lowest BCUT2D eigenvalue weighted by Gasteiger charge is -2.05. The van der Waals surface area contributed by atoms with Gasteiger partial charge in [-0.3, -0.25) is 4.79 Å². The fourth-order valence-corrected chi connectivity index (χ4v) is 1.64. The Morgan fingerprint density at radius 3 is 2.44 bits per heavy atom. The Kier molecular flexibility index (Phi) is 6.21. The maximum absolute atomic E-state index is 11.6. The van der Waals surface area contributed by atoms with Gasteiger partial charge in [-0.05, 0) is 37.1 Å². The predicted molar refractivity (Wildman–Crippen MR) is 74.2 cm³/mol. The van der Waals surface area contributed by atoms with Crippen LogP contribution >= 0.6 is 15.9 Å². The maximum Gasteiger partial charge on any atom is 0.312 e. The number of rotatable bonds is 6. The summed E-state index contributed by atoms with van der Waals surface area (Å²) in [6, 6.07) is 6.86. The van der Waals surface area contributed by atoms with E-state index in [4.69, 9.17) is 5.73 Å². The van der Waals surface area contributed by atoms with Gasteiger partial charge >= 0.3 is 6.03 Å². The summed E-state index contributed by atoms with van der Waals surface area (Å²) in [4.78, 5) is 22.0. The monoisotopic (exact) mass is 313 g/mol. The van der Waals surface area contributed by atoms with Crippen molar-refractivity contribution in [1.82, 2.24) is 5.32 Å². The molecule has 0 radical (unpaired) electrons. The number of nitrogens with one attached hydrogen (secondary N) is 2. The molecule has 0 bridgehead atoms. The van der Waals surface area contributed by atoms with Gasteiger partial charge in [-0.15, -0.1) is 0 Å². The molecule has 18 heavy (non-hydrogen) atoms. The molecular weight excluding hydrogens is 298 g/mol. The first-order chi connectivity index (χ1) is 8.58. The van der Waals surface area contributed by atoms with Crippen LogP contribution in [0.5, 0.6) is 0 Å². The highest BCUT2D eigenvalue weighted by Crippen LogP contribution is 2.14. The summed E-state index contributed by atoms with van der Waals surface area (Å²) >= 11 is 3.33. The Morgan fingerprint density at radius 2 is 1.83 bits per heavy atom. The molecule has 5 nitrogen and oxygen atoms in total. The van der Waals surface area contributed by atoms with E-state index in [-0.39, 0.29) is 5.91 Å². The van der Waals surface area contributed by atoms with Crippen LogP contribution in [-0.2, 0) is 4.79 Å². The molecule has 0 aromatic heterocycles. The molecule has 1 aromatic rings. The van der Waals surface area contributed by atoms with Gasteiger partial charge in [-0.25, -0.2) is 4.79 Å². The molecule has 4 N–H and O–H groups in total. The highest BCUT2D eigenvalue weighted by molar-refractivity contribution is 9.10. The number of halogens is 1. The smallest absolute Gasteiger partial charge is 0.312 e. The number of hydrogen-bond donors (Lipinski definition) is 3. The van der Waals surface area contributed by atoms with E-state index < -0.39 is 6.03 Å². The number of anilines is 1. The van der Waals surface area contributed by atoms with Crippen molar-refractivity contribution >= 4 is 33.6 Å². The first-order valence-corrected chi connectivity index (χ1v) is 6.46. The van der Waals surface area contributed by atoms with Crippen LogP contribution in [0.4, 0.5) is 10.5 Å². The summed E-state index contributed by atoms with van der Waals surface area (Å²) in [7, 11) is 0. The number of unbranched alkanes of at least 4 members (excludes halogenated alkanes) is 1. The topological polar surface area (TPSA) is 84.2 Å². The molecular formula is C12H16BrN3O2. The summed E-state index contributed by atoms with van der Waals surface area (Å²) in [6.45, 7) is 0.501. The standard InChI is InChI=1S/C12H16BrN3O2/c13-9-4-6-10(7-5-9)16-11(17)3-1-2-8-15-12(14)18/h4-7H,1-3,8H2,(H,16,17)(H3,14,15,18). The molecule has 0 aliphatic heterocycles. The molecule has 0 unspecified atom stereocenters. The fourth-order valence-electron chi connectivity index (χ4n) is 1.38. The Morgan fingerprint density at radius 1 is 1.17 bits per heavy atom. The Hall–Kier alpha value is -1.56. The first kappa shape index (κ1) is 14.5. The molecule has 6 heteroatoms. The summed E-state index contributed by atoms with van der Waals surface area (Å²) in [5.74, 6) is -0.0311. The zero-order valence-electron chi connectivity index (χ0n) is 9.91. The second-order valence-corrected chi connectivity index (χ2v) is 4.72. The van der Waals surface area contributed by atoms with E-state index in [1.54, 1.807) is 0 Å². The van der Waals surface area contributed by atoms with E-state index >= 15 is 0 Å². The minimum absolute atomic E-state index is 0.0311. The minimum atomic E-state index is -0.533. The third-order valence-corrected chi connectivity index (χ3v) is 2.79. The molecule has 0 saturated heterocycles. The van der Waals surface area contributed by atoms with Crippen LogP contribution in [0.3, 0.4) is 0 Å². The lowest BCUT2D eigenvalue weighted by atomic mass is 10.2. The average Bonchev–Trinajstić information content (AvgIpc) is 2.31. The van der Waals surface area contributed by atoms with Crippen molar-refractivity contribution in [1.29, 1.82) is 0 Å². The number of carbonyl (C=O) groups is 2. The Bertz CT molecular complexity index is 406. The van der Waals surface area contributed by atoms with Crippen molar-refractivity contribution in [2.75, 3.05) is 11.9 Å². The molecule has 1 rings (SSSR count). The first-order valence-electron chi connectivity index (χ1n) is 5.66. The van der Waals surface area contributed by atoms with Crippen molar-refractivity contribution in [2.24, 2.45) is 5.73 Å². The number of carbonyl (C=O) groups excluding carboxylic acids is 2. The number of amides is 3. The summed E-state index contributed by atoms with van der Waals surface area (Å²) < 4.78 is 0.970. The van der Waals surface area contributed by atoms with Gasteiger partial charge in [0.05, 0.1) is 0 Å². The van der Waals surface area contributed by atoms with Crippen molar-refractivity contribution in [2.45, 2.75) is 19.3 Å². The largest absolute Gasteiger partial charge is 0.352 e. The van der Waals surface area contributed by atoms with Gasteiger partial charge in [0.1, 0.15) is 0 Å². The van der Waals surface area contributed by atoms with E-state index in [0.717, 1.165) is 16.6 Å². The molecule has 0 saturated carbocycles. The number of hydrogen-bond acceptors (Lipinski definition) is 2. The minimum Gasteiger partial charge on any atom is -0.352 e. The molecule has 1 aromatic carbocycles. The van der Waals surface area contributed by atoms with Gasteiger partial charge in [0.2, 0.25) is 5.91 Å². The highest BCUT2D eigenvalue weighted by Gasteiger charge is 2.02. The number of primary amides is 1. The molecule has 0 spiro atoms. The molecule has 0 fully saturated rings. The van der Waals surface area contributed by atoms with Gasteiger partial charge in [-0.1, -0.05) is 15.9 Å². The van der Waals surface area contributed by atoms with E-state index in [1.165, 1.54) is 0 Å². The Balaban J connectivity index is 2.17. The van der Waals surface area contributed by atoms with Crippen LogP contribution < -0.4 is 16.4 Å². The van der Waals surface area contributed by atoms with Crippen LogP contribution in [0.1, 0.15) is 19.3 Å².